The molecule has 4 rings (SSSR count). The zero-order chi connectivity index (χ0) is 21.4. The molecule has 2 fully saturated rings. The van der Waals surface area contributed by atoms with E-state index in [9.17, 15) is 19.2 Å². The molecule has 0 aromatic heterocycles. The fourth-order valence-corrected chi connectivity index (χ4v) is 3.93. The Bertz CT molecular complexity index is 1060. The van der Waals surface area contributed by atoms with E-state index in [0.717, 1.165) is 4.90 Å². The van der Waals surface area contributed by atoms with Gasteiger partial charge >= 0.3 is 5.97 Å². The number of hydrogen-bond donors (Lipinski definition) is 0. The fraction of sp³-hybridized carbons (Fsp3) is 0.238. The number of halogens is 2. The van der Waals surface area contributed by atoms with Crippen LogP contribution in [0.2, 0.25) is 10.0 Å². The van der Waals surface area contributed by atoms with E-state index >= 15 is 0 Å². The molecular weight excluding hydrogens is 431 g/mol. The van der Waals surface area contributed by atoms with Crippen molar-refractivity contribution in [3.05, 3.63) is 52.5 Å². The van der Waals surface area contributed by atoms with E-state index < -0.39 is 11.9 Å². The smallest absolute Gasteiger partial charge is 0.316 e. The number of nitrogens with zero attached hydrogens (tertiary/aromatic N) is 2. The third kappa shape index (κ3) is 3.91. The minimum atomic E-state index is -0.689. The second-order valence-electron chi connectivity index (χ2n) is 7.04. The van der Waals surface area contributed by atoms with Gasteiger partial charge in [0.25, 0.3) is 0 Å². The van der Waals surface area contributed by atoms with Crippen LogP contribution in [0.1, 0.15) is 19.3 Å². The van der Waals surface area contributed by atoms with Crippen LogP contribution in [0.15, 0.2) is 42.5 Å². The van der Waals surface area contributed by atoms with Gasteiger partial charge in [0.1, 0.15) is 5.75 Å². The molecule has 2 aromatic rings. The third-order valence-electron chi connectivity index (χ3n) is 5.00. The summed E-state index contributed by atoms with van der Waals surface area (Å²) in [6.07, 6.45) is 0.300. The number of anilines is 2. The molecule has 0 spiro atoms. The van der Waals surface area contributed by atoms with E-state index in [4.69, 9.17) is 27.9 Å². The van der Waals surface area contributed by atoms with Gasteiger partial charge in [0.05, 0.1) is 22.3 Å². The van der Waals surface area contributed by atoms with Crippen molar-refractivity contribution in [2.75, 3.05) is 16.3 Å². The summed E-state index contributed by atoms with van der Waals surface area (Å²) in [5.41, 5.74) is 0.792. The first-order chi connectivity index (χ1) is 14.3. The van der Waals surface area contributed by atoms with Crippen LogP contribution in [0.25, 0.3) is 0 Å². The standard InChI is InChI=1S/C21H16Cl2N2O5/c22-13-4-5-16(23)17(9-13)24-11-12(8-20(24)28)21(29)30-15-3-1-2-14(10-15)25-18(26)6-7-19(25)27/h1-5,9-10,12H,6-8,11H2/t12-/m1/s1. The molecule has 0 radical (unpaired) electrons. The van der Waals surface area contributed by atoms with Gasteiger partial charge in [-0.05, 0) is 30.3 Å². The number of benzene rings is 2. The maximum atomic E-state index is 12.6. The zero-order valence-corrected chi connectivity index (χ0v) is 17.2. The lowest BCUT2D eigenvalue weighted by Gasteiger charge is -2.18. The molecule has 2 aliphatic heterocycles. The Morgan fingerprint density at radius 1 is 0.967 bits per heavy atom. The number of imide groups is 1. The largest absolute Gasteiger partial charge is 0.426 e. The molecule has 154 valence electrons. The Kier molecular flexibility index (Phi) is 5.49. The van der Waals surface area contributed by atoms with Crippen molar-refractivity contribution in [2.45, 2.75) is 19.3 Å². The van der Waals surface area contributed by atoms with Crippen LogP contribution in [0.3, 0.4) is 0 Å². The molecule has 2 heterocycles. The second kappa shape index (κ2) is 8.08. The Morgan fingerprint density at radius 2 is 1.70 bits per heavy atom. The number of ether oxygens (including phenoxy) is 1. The van der Waals surface area contributed by atoms with Crippen LogP contribution in [0.4, 0.5) is 11.4 Å². The molecule has 7 nitrogen and oxygen atoms in total. The first-order valence-electron chi connectivity index (χ1n) is 9.26. The average Bonchev–Trinajstić information content (AvgIpc) is 3.26. The monoisotopic (exact) mass is 446 g/mol. The zero-order valence-electron chi connectivity index (χ0n) is 15.6. The molecule has 30 heavy (non-hydrogen) atoms. The molecular formula is C21H16Cl2N2O5. The fourth-order valence-electron chi connectivity index (χ4n) is 3.54. The van der Waals surface area contributed by atoms with Gasteiger partial charge in [0, 0.05) is 36.9 Å². The Labute approximate surface area is 182 Å². The quantitative estimate of drug-likeness (QED) is 0.406. The highest BCUT2D eigenvalue weighted by Gasteiger charge is 2.37. The molecule has 2 saturated heterocycles. The van der Waals surface area contributed by atoms with Gasteiger partial charge in [-0.15, -0.1) is 0 Å². The van der Waals surface area contributed by atoms with Crippen LogP contribution < -0.4 is 14.5 Å². The van der Waals surface area contributed by atoms with Crippen LogP contribution >= 0.6 is 23.2 Å². The van der Waals surface area contributed by atoms with Crippen molar-refractivity contribution in [1.29, 1.82) is 0 Å². The molecule has 0 saturated carbocycles. The molecule has 0 unspecified atom stereocenters. The number of amides is 3. The topological polar surface area (TPSA) is 84.0 Å². The van der Waals surface area contributed by atoms with Crippen molar-refractivity contribution >= 4 is 58.3 Å². The van der Waals surface area contributed by atoms with E-state index in [0.29, 0.717) is 21.4 Å². The summed E-state index contributed by atoms with van der Waals surface area (Å²) in [7, 11) is 0. The molecule has 9 heteroatoms. The van der Waals surface area contributed by atoms with E-state index in [-0.39, 0.29) is 49.3 Å². The van der Waals surface area contributed by atoms with Gasteiger partial charge in [-0.25, -0.2) is 0 Å². The maximum absolute atomic E-state index is 12.6. The summed E-state index contributed by atoms with van der Waals surface area (Å²) >= 11 is 12.2. The molecule has 0 N–H and O–H groups in total. The lowest BCUT2D eigenvalue weighted by atomic mass is 10.1. The SMILES string of the molecule is O=C(Oc1cccc(N2C(=O)CCC2=O)c1)[C@@H]1CC(=O)N(c2cc(Cl)ccc2Cl)C1. The Balaban J connectivity index is 1.48. The molecule has 0 bridgehead atoms. The highest BCUT2D eigenvalue weighted by atomic mass is 35.5. The molecule has 3 amide bonds. The van der Waals surface area contributed by atoms with Gasteiger partial charge < -0.3 is 9.64 Å². The van der Waals surface area contributed by atoms with Crippen LogP contribution in [-0.2, 0) is 19.2 Å². The lowest BCUT2D eigenvalue weighted by Crippen LogP contribution is -2.29. The van der Waals surface area contributed by atoms with Crippen molar-refractivity contribution in [1.82, 2.24) is 0 Å². The first-order valence-corrected chi connectivity index (χ1v) is 10.0. The highest BCUT2D eigenvalue weighted by molar-refractivity contribution is 6.36. The van der Waals surface area contributed by atoms with Crippen molar-refractivity contribution < 1.29 is 23.9 Å². The van der Waals surface area contributed by atoms with Gasteiger partial charge in [0.15, 0.2) is 0 Å². The van der Waals surface area contributed by atoms with Gasteiger partial charge in [-0.3, -0.25) is 24.1 Å². The highest BCUT2D eigenvalue weighted by Crippen LogP contribution is 2.34. The molecule has 1 atom stereocenters. The second-order valence-corrected chi connectivity index (χ2v) is 7.89. The summed E-state index contributed by atoms with van der Waals surface area (Å²) in [4.78, 5) is 51.4. The van der Waals surface area contributed by atoms with Crippen LogP contribution in [0.5, 0.6) is 5.75 Å². The average molecular weight is 447 g/mol. The van der Waals surface area contributed by atoms with E-state index in [2.05, 4.69) is 0 Å². The van der Waals surface area contributed by atoms with Gasteiger partial charge in [-0.2, -0.15) is 0 Å². The predicted octanol–water partition coefficient (Wildman–Crippen LogP) is 3.61. The van der Waals surface area contributed by atoms with Gasteiger partial charge in [-0.1, -0.05) is 29.3 Å². The minimum absolute atomic E-state index is 0.0234. The minimum Gasteiger partial charge on any atom is -0.426 e. The summed E-state index contributed by atoms with van der Waals surface area (Å²) in [5.74, 6) is -1.93. The van der Waals surface area contributed by atoms with Crippen molar-refractivity contribution in [3.8, 4) is 5.75 Å². The summed E-state index contributed by atoms with van der Waals surface area (Å²) in [6.45, 7) is 0.112. The molecule has 0 aliphatic carbocycles. The number of esters is 1. The first kappa shape index (κ1) is 20.4. The van der Waals surface area contributed by atoms with E-state index in [1.165, 1.54) is 11.0 Å². The van der Waals surface area contributed by atoms with Crippen molar-refractivity contribution in [3.63, 3.8) is 0 Å². The van der Waals surface area contributed by atoms with Crippen LogP contribution in [0, 0.1) is 5.92 Å². The van der Waals surface area contributed by atoms with E-state index in [1.54, 1.807) is 36.4 Å². The number of rotatable bonds is 4. The summed E-state index contributed by atoms with van der Waals surface area (Å²) in [5, 5.41) is 0.783. The number of carbonyl (C=O) groups is 4. The predicted molar refractivity (Wildman–Crippen MR) is 111 cm³/mol. The summed E-state index contributed by atoms with van der Waals surface area (Å²) in [6, 6.07) is 11.0. The molecule has 2 aromatic carbocycles. The Morgan fingerprint density at radius 3 is 2.43 bits per heavy atom. The van der Waals surface area contributed by atoms with Crippen LogP contribution in [-0.4, -0.2) is 30.2 Å². The maximum Gasteiger partial charge on any atom is 0.316 e. The number of carbonyl (C=O) groups excluding carboxylic acids is 4. The molecule has 2 aliphatic rings. The normalized spacial score (nSPS) is 19.0. The van der Waals surface area contributed by atoms with Crippen molar-refractivity contribution in [2.24, 2.45) is 5.92 Å². The lowest BCUT2D eigenvalue weighted by molar-refractivity contribution is -0.139. The third-order valence-corrected chi connectivity index (χ3v) is 5.56. The summed E-state index contributed by atoms with van der Waals surface area (Å²) < 4.78 is 5.43. The van der Waals surface area contributed by atoms with E-state index in [1.807, 2.05) is 0 Å². The van der Waals surface area contributed by atoms with Gasteiger partial charge in [0.2, 0.25) is 17.7 Å². The number of hydrogen-bond acceptors (Lipinski definition) is 5. The Hall–Kier alpha value is -2.90.